The highest BCUT2D eigenvalue weighted by Crippen LogP contribution is 2.14. The van der Waals surface area contributed by atoms with Crippen LogP contribution in [0.2, 0.25) is 0 Å². The molecule has 0 aromatic carbocycles. The standard InChI is InChI=1S/C10H14N2O3S/c1-10(2,9(14)15)8(13)11-4-3-7-5-16-6-12-7/h5-6H,3-4H2,1-2H3,(H,11,13)(H,14,15). The number of aliphatic carboxylic acids is 1. The van der Waals surface area contributed by atoms with Crippen molar-refractivity contribution in [3.8, 4) is 0 Å². The Morgan fingerprint density at radius 3 is 2.75 bits per heavy atom. The van der Waals surface area contributed by atoms with Gasteiger partial charge in [0.25, 0.3) is 0 Å². The summed E-state index contributed by atoms with van der Waals surface area (Å²) in [5, 5.41) is 13.3. The topological polar surface area (TPSA) is 79.3 Å². The number of amides is 1. The molecule has 0 unspecified atom stereocenters. The van der Waals surface area contributed by atoms with Crippen molar-refractivity contribution < 1.29 is 14.7 Å². The van der Waals surface area contributed by atoms with Gasteiger partial charge in [0.2, 0.25) is 5.91 Å². The Kier molecular flexibility index (Phi) is 4.00. The summed E-state index contributed by atoms with van der Waals surface area (Å²) in [5.41, 5.74) is 1.24. The van der Waals surface area contributed by atoms with E-state index in [2.05, 4.69) is 10.3 Å². The maximum absolute atomic E-state index is 11.5. The SMILES string of the molecule is CC(C)(C(=O)O)C(=O)NCCc1cscn1. The van der Waals surface area contributed by atoms with E-state index in [4.69, 9.17) is 5.11 Å². The summed E-state index contributed by atoms with van der Waals surface area (Å²) < 4.78 is 0. The van der Waals surface area contributed by atoms with Gasteiger partial charge < -0.3 is 10.4 Å². The van der Waals surface area contributed by atoms with Crippen molar-refractivity contribution in [3.63, 3.8) is 0 Å². The van der Waals surface area contributed by atoms with Crippen LogP contribution in [0.5, 0.6) is 0 Å². The molecular formula is C10H14N2O3S. The van der Waals surface area contributed by atoms with Gasteiger partial charge in [-0.3, -0.25) is 9.59 Å². The molecule has 5 nitrogen and oxygen atoms in total. The molecule has 0 atom stereocenters. The van der Waals surface area contributed by atoms with Crippen LogP contribution in [0.15, 0.2) is 10.9 Å². The average Bonchev–Trinajstić information content (AvgIpc) is 2.70. The van der Waals surface area contributed by atoms with Crippen molar-refractivity contribution in [2.45, 2.75) is 20.3 Å². The van der Waals surface area contributed by atoms with Gasteiger partial charge in [0.05, 0.1) is 11.2 Å². The highest BCUT2D eigenvalue weighted by Gasteiger charge is 2.35. The van der Waals surface area contributed by atoms with Gasteiger partial charge in [0.1, 0.15) is 5.41 Å². The van der Waals surface area contributed by atoms with Gasteiger partial charge in [-0.25, -0.2) is 4.98 Å². The molecule has 88 valence electrons. The summed E-state index contributed by atoms with van der Waals surface area (Å²) in [6.45, 7) is 3.17. The molecule has 0 spiro atoms. The number of hydrogen-bond donors (Lipinski definition) is 2. The Morgan fingerprint density at radius 2 is 2.25 bits per heavy atom. The summed E-state index contributed by atoms with van der Waals surface area (Å²) in [7, 11) is 0. The third kappa shape index (κ3) is 3.03. The Hall–Kier alpha value is -1.43. The molecule has 0 aliphatic rings. The fourth-order valence-corrected chi connectivity index (χ4v) is 1.58. The van der Waals surface area contributed by atoms with Gasteiger partial charge in [-0.05, 0) is 13.8 Å². The lowest BCUT2D eigenvalue weighted by Crippen LogP contribution is -2.43. The molecule has 6 heteroatoms. The molecule has 1 heterocycles. The predicted molar refractivity (Wildman–Crippen MR) is 60.2 cm³/mol. The molecule has 0 saturated heterocycles. The zero-order chi connectivity index (χ0) is 12.2. The first kappa shape index (κ1) is 12.6. The Morgan fingerprint density at radius 1 is 1.56 bits per heavy atom. The minimum atomic E-state index is -1.39. The molecule has 1 amide bonds. The number of nitrogens with zero attached hydrogens (tertiary/aromatic N) is 1. The second-order valence-electron chi connectivity index (χ2n) is 3.92. The smallest absolute Gasteiger partial charge is 0.318 e. The monoisotopic (exact) mass is 242 g/mol. The third-order valence-corrected chi connectivity index (χ3v) is 2.89. The molecule has 0 saturated carbocycles. The fourth-order valence-electron chi connectivity index (χ4n) is 0.983. The van der Waals surface area contributed by atoms with E-state index >= 15 is 0 Å². The second-order valence-corrected chi connectivity index (χ2v) is 4.63. The van der Waals surface area contributed by atoms with Crippen LogP contribution >= 0.6 is 11.3 Å². The molecule has 0 fully saturated rings. The normalized spacial score (nSPS) is 11.1. The van der Waals surface area contributed by atoms with E-state index in [-0.39, 0.29) is 0 Å². The van der Waals surface area contributed by atoms with Gasteiger partial charge in [0, 0.05) is 18.3 Å². The number of thiazole rings is 1. The molecule has 1 rings (SSSR count). The van der Waals surface area contributed by atoms with Crippen molar-refractivity contribution in [2.24, 2.45) is 5.41 Å². The Bertz CT molecular complexity index is 373. The number of carbonyl (C=O) groups is 2. The van der Waals surface area contributed by atoms with Gasteiger partial charge in [-0.2, -0.15) is 0 Å². The maximum atomic E-state index is 11.5. The minimum absolute atomic E-state index is 0.402. The maximum Gasteiger partial charge on any atom is 0.318 e. The lowest BCUT2D eigenvalue weighted by atomic mass is 9.93. The Labute approximate surface area is 97.5 Å². The number of carbonyl (C=O) groups excluding carboxylic acids is 1. The van der Waals surface area contributed by atoms with Crippen LogP contribution in [-0.2, 0) is 16.0 Å². The molecular weight excluding hydrogens is 228 g/mol. The van der Waals surface area contributed by atoms with Gasteiger partial charge in [-0.1, -0.05) is 0 Å². The third-order valence-electron chi connectivity index (χ3n) is 2.25. The fraction of sp³-hybridized carbons (Fsp3) is 0.500. The van der Waals surface area contributed by atoms with E-state index in [0.29, 0.717) is 13.0 Å². The summed E-state index contributed by atoms with van der Waals surface area (Å²) in [4.78, 5) is 26.4. The van der Waals surface area contributed by atoms with Crippen LogP contribution in [0, 0.1) is 5.41 Å². The molecule has 0 radical (unpaired) electrons. The molecule has 1 aromatic rings. The summed E-state index contributed by atoms with van der Waals surface area (Å²) in [5.74, 6) is -1.60. The van der Waals surface area contributed by atoms with Crippen molar-refractivity contribution >= 4 is 23.2 Å². The first-order valence-electron chi connectivity index (χ1n) is 4.83. The zero-order valence-electron chi connectivity index (χ0n) is 9.19. The number of nitrogens with one attached hydrogen (secondary N) is 1. The van der Waals surface area contributed by atoms with Crippen LogP contribution < -0.4 is 5.32 Å². The van der Waals surface area contributed by atoms with E-state index in [1.54, 1.807) is 5.51 Å². The number of carboxylic acid groups (broad SMARTS) is 1. The van der Waals surface area contributed by atoms with Gasteiger partial charge in [-0.15, -0.1) is 11.3 Å². The Balaban J connectivity index is 2.39. The van der Waals surface area contributed by atoms with Gasteiger partial charge in [0.15, 0.2) is 0 Å². The molecule has 1 aromatic heterocycles. The highest BCUT2D eigenvalue weighted by atomic mass is 32.1. The van der Waals surface area contributed by atoms with E-state index in [1.165, 1.54) is 25.2 Å². The van der Waals surface area contributed by atoms with Crippen molar-refractivity contribution in [1.29, 1.82) is 0 Å². The van der Waals surface area contributed by atoms with Crippen LogP contribution in [0.3, 0.4) is 0 Å². The van der Waals surface area contributed by atoms with E-state index in [1.807, 2.05) is 5.38 Å². The number of hydrogen-bond acceptors (Lipinski definition) is 4. The number of rotatable bonds is 5. The minimum Gasteiger partial charge on any atom is -0.480 e. The highest BCUT2D eigenvalue weighted by molar-refractivity contribution is 7.07. The van der Waals surface area contributed by atoms with E-state index in [9.17, 15) is 9.59 Å². The number of aromatic nitrogens is 1. The molecule has 0 aliphatic carbocycles. The van der Waals surface area contributed by atoms with Crippen LogP contribution in [0.25, 0.3) is 0 Å². The molecule has 16 heavy (non-hydrogen) atoms. The zero-order valence-corrected chi connectivity index (χ0v) is 10.0. The van der Waals surface area contributed by atoms with Crippen LogP contribution in [-0.4, -0.2) is 28.5 Å². The van der Waals surface area contributed by atoms with E-state index < -0.39 is 17.3 Å². The predicted octanol–water partition coefficient (Wildman–Crippen LogP) is 0.913. The molecule has 0 bridgehead atoms. The van der Waals surface area contributed by atoms with Crippen molar-refractivity contribution in [2.75, 3.05) is 6.54 Å². The average molecular weight is 242 g/mol. The summed E-state index contributed by atoms with van der Waals surface area (Å²) in [6.07, 6.45) is 0.616. The lowest BCUT2D eigenvalue weighted by molar-refractivity contribution is -0.153. The first-order chi connectivity index (χ1) is 7.44. The largest absolute Gasteiger partial charge is 0.480 e. The summed E-state index contributed by atoms with van der Waals surface area (Å²) in [6, 6.07) is 0. The van der Waals surface area contributed by atoms with Crippen LogP contribution in [0.4, 0.5) is 0 Å². The van der Waals surface area contributed by atoms with E-state index in [0.717, 1.165) is 5.69 Å². The number of carboxylic acids is 1. The van der Waals surface area contributed by atoms with Crippen molar-refractivity contribution in [1.82, 2.24) is 10.3 Å². The van der Waals surface area contributed by atoms with Crippen LogP contribution in [0.1, 0.15) is 19.5 Å². The quantitative estimate of drug-likeness (QED) is 0.752. The summed E-state index contributed by atoms with van der Waals surface area (Å²) >= 11 is 1.49. The molecule has 2 N–H and O–H groups in total. The van der Waals surface area contributed by atoms with Crippen molar-refractivity contribution in [3.05, 3.63) is 16.6 Å². The lowest BCUT2D eigenvalue weighted by Gasteiger charge is -2.17. The first-order valence-corrected chi connectivity index (χ1v) is 5.77. The second kappa shape index (κ2) is 5.07. The van der Waals surface area contributed by atoms with Gasteiger partial charge >= 0.3 is 5.97 Å². The molecule has 0 aliphatic heterocycles.